The molecule has 1 N–H and O–H groups in total. The molecule has 1 aromatic carbocycles. The molecule has 0 unspecified atom stereocenters. The predicted molar refractivity (Wildman–Crippen MR) is 129 cm³/mol. The molecule has 0 atom stereocenters. The Morgan fingerprint density at radius 2 is 1.88 bits per heavy atom. The van der Waals surface area contributed by atoms with Crippen LogP contribution in [0.1, 0.15) is 68.0 Å². The number of hydrogen-bond donors (Lipinski definition) is 1. The van der Waals surface area contributed by atoms with E-state index in [4.69, 9.17) is 9.47 Å². The van der Waals surface area contributed by atoms with E-state index in [1.165, 1.54) is 0 Å². The van der Waals surface area contributed by atoms with Gasteiger partial charge in [-0.05, 0) is 68.9 Å². The summed E-state index contributed by atoms with van der Waals surface area (Å²) in [6.07, 6.45) is 2.53. The molecule has 178 valence electrons. The normalized spacial score (nSPS) is 10.5. The van der Waals surface area contributed by atoms with Gasteiger partial charge in [-0.25, -0.2) is 0 Å². The van der Waals surface area contributed by atoms with Crippen molar-refractivity contribution < 1.29 is 14.3 Å². The molecule has 7 nitrogen and oxygen atoms in total. The summed E-state index contributed by atoms with van der Waals surface area (Å²) in [4.78, 5) is 29.6. The highest BCUT2D eigenvalue weighted by Crippen LogP contribution is 2.29. The topological polar surface area (TPSA) is 95.4 Å². The van der Waals surface area contributed by atoms with Crippen molar-refractivity contribution in [2.75, 3.05) is 19.8 Å². The number of pyridine rings is 1. The zero-order chi connectivity index (χ0) is 24.4. The van der Waals surface area contributed by atoms with Crippen LogP contribution in [0.25, 0.3) is 0 Å². The van der Waals surface area contributed by atoms with Crippen molar-refractivity contribution in [1.82, 2.24) is 9.88 Å². The van der Waals surface area contributed by atoms with Gasteiger partial charge in [0, 0.05) is 25.2 Å². The Bertz CT molecular complexity index is 1050. The smallest absolute Gasteiger partial charge is 0.266 e. The van der Waals surface area contributed by atoms with Crippen LogP contribution in [-0.4, -0.2) is 35.5 Å². The molecule has 0 saturated heterocycles. The molecule has 0 radical (unpaired) electrons. The van der Waals surface area contributed by atoms with Crippen LogP contribution in [0.4, 0.5) is 0 Å². The van der Waals surface area contributed by atoms with Crippen LogP contribution >= 0.6 is 0 Å². The van der Waals surface area contributed by atoms with E-state index in [9.17, 15) is 14.9 Å². The fourth-order valence-electron chi connectivity index (χ4n) is 3.84. The second-order valence-corrected chi connectivity index (χ2v) is 8.05. The summed E-state index contributed by atoms with van der Waals surface area (Å²) in [5.74, 6) is 1.44. The molecule has 1 heterocycles. The maximum Gasteiger partial charge on any atom is 0.266 e. The Morgan fingerprint density at radius 1 is 1.12 bits per heavy atom. The summed E-state index contributed by atoms with van der Waals surface area (Å²) in [6.45, 7) is 11.9. The monoisotopic (exact) mass is 453 g/mol. The Morgan fingerprint density at radius 3 is 2.52 bits per heavy atom. The number of carbonyl (C=O) groups is 1. The average molecular weight is 454 g/mol. The Hall–Kier alpha value is -3.27. The molecule has 1 aromatic heterocycles. The van der Waals surface area contributed by atoms with Gasteiger partial charge in [-0.1, -0.05) is 19.9 Å². The van der Waals surface area contributed by atoms with E-state index in [1.807, 2.05) is 43.0 Å². The first-order valence-corrected chi connectivity index (χ1v) is 11.6. The number of aryl methyl sites for hydroxylation is 1. The number of benzene rings is 1. The minimum atomic E-state index is -0.383. The van der Waals surface area contributed by atoms with Crippen LogP contribution in [0.3, 0.4) is 0 Å². The quantitative estimate of drug-likeness (QED) is 0.513. The molecule has 7 heteroatoms. The maximum atomic E-state index is 13.1. The lowest BCUT2D eigenvalue weighted by atomic mass is 9.99. The molecule has 0 aliphatic heterocycles. The van der Waals surface area contributed by atoms with E-state index in [0.29, 0.717) is 61.9 Å². The van der Waals surface area contributed by atoms with Gasteiger partial charge in [0.05, 0.1) is 13.2 Å². The lowest BCUT2D eigenvalue weighted by Gasteiger charge is -2.23. The summed E-state index contributed by atoms with van der Waals surface area (Å²) in [7, 11) is 0. The highest BCUT2D eigenvalue weighted by Gasteiger charge is 2.18. The summed E-state index contributed by atoms with van der Waals surface area (Å²) < 4.78 is 11.5. The van der Waals surface area contributed by atoms with Crippen LogP contribution < -0.4 is 15.0 Å². The molecule has 0 aliphatic rings. The van der Waals surface area contributed by atoms with Gasteiger partial charge in [0.2, 0.25) is 5.91 Å². The van der Waals surface area contributed by atoms with Gasteiger partial charge in [0.15, 0.2) is 11.5 Å². The fraction of sp³-hybridized carbons (Fsp3) is 0.500. The predicted octanol–water partition coefficient (Wildman–Crippen LogP) is 4.42. The van der Waals surface area contributed by atoms with Crippen molar-refractivity contribution >= 4 is 5.91 Å². The van der Waals surface area contributed by atoms with Crippen molar-refractivity contribution in [3.63, 3.8) is 0 Å². The number of aromatic nitrogens is 1. The first kappa shape index (κ1) is 26.0. The highest BCUT2D eigenvalue weighted by molar-refractivity contribution is 5.76. The first-order chi connectivity index (χ1) is 15.9. The highest BCUT2D eigenvalue weighted by atomic mass is 16.5. The third kappa shape index (κ3) is 6.85. The van der Waals surface area contributed by atoms with E-state index in [-0.39, 0.29) is 17.0 Å². The third-order valence-electron chi connectivity index (χ3n) is 5.50. The number of H-pyrrole nitrogens is 1. The third-order valence-corrected chi connectivity index (χ3v) is 5.50. The molecule has 33 heavy (non-hydrogen) atoms. The van der Waals surface area contributed by atoms with Gasteiger partial charge in [0.25, 0.3) is 5.56 Å². The molecule has 0 aliphatic carbocycles. The Balaban J connectivity index is 2.17. The largest absolute Gasteiger partial charge is 0.490 e. The van der Waals surface area contributed by atoms with Crippen molar-refractivity contribution in [2.24, 2.45) is 0 Å². The molecule has 2 aromatic rings. The van der Waals surface area contributed by atoms with Crippen LogP contribution in [-0.2, 0) is 17.8 Å². The van der Waals surface area contributed by atoms with E-state index < -0.39 is 0 Å². The van der Waals surface area contributed by atoms with Crippen LogP contribution in [0.5, 0.6) is 11.5 Å². The standard InChI is InChI=1S/C26H35N3O4/c1-6-13-29(17-20-9-11-23(33-14-7-2)24(15-20)32-8-3)25(30)12-10-21-18(4)22(16-27)26(31)28-19(21)5/h9,11,15H,6-8,10,12-14,17H2,1-5H3,(H,28,31). The Labute approximate surface area is 196 Å². The van der Waals surface area contributed by atoms with Crippen molar-refractivity contribution in [3.05, 3.63) is 56.5 Å². The van der Waals surface area contributed by atoms with Gasteiger partial charge >= 0.3 is 0 Å². The summed E-state index contributed by atoms with van der Waals surface area (Å²) >= 11 is 0. The number of nitriles is 1. The molecule has 1 amide bonds. The summed E-state index contributed by atoms with van der Waals surface area (Å²) in [6, 6.07) is 7.79. The molecular weight excluding hydrogens is 418 g/mol. The number of amides is 1. The van der Waals surface area contributed by atoms with Gasteiger partial charge < -0.3 is 19.4 Å². The van der Waals surface area contributed by atoms with E-state index >= 15 is 0 Å². The second-order valence-electron chi connectivity index (χ2n) is 8.05. The number of ether oxygens (including phenoxy) is 2. The zero-order valence-corrected chi connectivity index (χ0v) is 20.4. The molecule has 0 spiro atoms. The van der Waals surface area contributed by atoms with Crippen LogP contribution in [0, 0.1) is 25.2 Å². The molecule has 0 fully saturated rings. The summed E-state index contributed by atoms with van der Waals surface area (Å²) in [5, 5.41) is 9.28. The van der Waals surface area contributed by atoms with Gasteiger partial charge in [-0.15, -0.1) is 0 Å². The lowest BCUT2D eigenvalue weighted by Crippen LogP contribution is -2.31. The number of aromatic amines is 1. The number of hydrogen-bond acceptors (Lipinski definition) is 5. The van der Waals surface area contributed by atoms with Gasteiger partial charge in [0.1, 0.15) is 11.6 Å². The molecule has 0 saturated carbocycles. The van der Waals surface area contributed by atoms with E-state index in [2.05, 4.69) is 11.9 Å². The number of carbonyl (C=O) groups excluding carboxylic acids is 1. The van der Waals surface area contributed by atoms with Gasteiger partial charge in [-0.2, -0.15) is 5.26 Å². The number of nitrogens with one attached hydrogen (secondary N) is 1. The maximum absolute atomic E-state index is 13.1. The molecular formula is C26H35N3O4. The number of nitrogens with zero attached hydrogens (tertiary/aromatic N) is 2. The zero-order valence-electron chi connectivity index (χ0n) is 20.4. The van der Waals surface area contributed by atoms with Crippen molar-refractivity contribution in [2.45, 2.75) is 66.8 Å². The van der Waals surface area contributed by atoms with Crippen LogP contribution in [0.15, 0.2) is 23.0 Å². The Kier molecular flexibility index (Phi) is 9.99. The molecule has 0 bridgehead atoms. The fourth-order valence-corrected chi connectivity index (χ4v) is 3.84. The number of rotatable bonds is 12. The van der Waals surface area contributed by atoms with Gasteiger partial charge in [-0.3, -0.25) is 9.59 Å². The second kappa shape index (κ2) is 12.7. The minimum Gasteiger partial charge on any atom is -0.490 e. The van der Waals surface area contributed by atoms with Crippen molar-refractivity contribution in [1.29, 1.82) is 5.26 Å². The lowest BCUT2D eigenvalue weighted by molar-refractivity contribution is -0.131. The van der Waals surface area contributed by atoms with Crippen molar-refractivity contribution in [3.8, 4) is 17.6 Å². The van der Waals surface area contributed by atoms with Crippen LogP contribution in [0.2, 0.25) is 0 Å². The summed E-state index contributed by atoms with van der Waals surface area (Å²) in [5.41, 5.74) is 2.92. The SMILES string of the molecule is CCCOc1ccc(CN(CCC)C(=O)CCc2c(C)[nH]c(=O)c(C#N)c2C)cc1OCC. The molecule has 2 rings (SSSR count). The van der Waals surface area contributed by atoms with E-state index in [1.54, 1.807) is 13.8 Å². The first-order valence-electron chi connectivity index (χ1n) is 11.6. The minimum absolute atomic E-state index is 0.0321. The average Bonchev–Trinajstić information content (AvgIpc) is 2.78. The van der Waals surface area contributed by atoms with E-state index in [0.717, 1.165) is 24.0 Å².